The molecule has 0 unspecified atom stereocenters. The molecule has 1 aliphatic heterocycles. The van der Waals surface area contributed by atoms with Crippen LogP contribution in [0.4, 0.5) is 0 Å². The first-order valence-corrected chi connectivity index (χ1v) is 11.7. The Morgan fingerprint density at radius 1 is 1.00 bits per heavy atom. The van der Waals surface area contributed by atoms with Gasteiger partial charge in [-0.25, -0.2) is 0 Å². The lowest BCUT2D eigenvalue weighted by Crippen LogP contribution is -2.06. The second kappa shape index (κ2) is 9.32. The van der Waals surface area contributed by atoms with Gasteiger partial charge in [-0.3, -0.25) is 9.59 Å². The highest BCUT2D eigenvalue weighted by Crippen LogP contribution is 2.51. The number of carbonyl (C=O) groups is 1. The van der Waals surface area contributed by atoms with Crippen molar-refractivity contribution in [1.29, 1.82) is 0 Å². The third-order valence-electron chi connectivity index (χ3n) is 4.44. The average Bonchev–Trinajstić information content (AvgIpc) is 2.76. The maximum atomic E-state index is 12.1. The number of halogens is 4. The van der Waals surface area contributed by atoms with Crippen molar-refractivity contribution in [2.24, 2.45) is 0 Å². The van der Waals surface area contributed by atoms with Crippen molar-refractivity contribution in [3.63, 3.8) is 0 Å². The molecule has 0 fully saturated rings. The Labute approximate surface area is 209 Å². The van der Waals surface area contributed by atoms with E-state index in [0.29, 0.717) is 52.7 Å². The number of rotatable bonds is 4. The number of carbonyl (C=O) groups excluding carboxylic acids is 1. The van der Waals surface area contributed by atoms with Crippen LogP contribution in [0.25, 0.3) is 34.3 Å². The van der Waals surface area contributed by atoms with Crippen LogP contribution in [-0.4, -0.2) is 21.6 Å². The number of allylic oxidation sites excluding steroid dienone is 1. The van der Waals surface area contributed by atoms with Crippen LogP contribution in [0.5, 0.6) is 5.75 Å². The van der Waals surface area contributed by atoms with Crippen molar-refractivity contribution in [3.05, 3.63) is 69.5 Å². The van der Waals surface area contributed by atoms with E-state index in [1.807, 2.05) is 0 Å². The molecule has 0 atom stereocenters. The summed E-state index contributed by atoms with van der Waals surface area (Å²) < 4.78 is 7.79. The number of aliphatic hydroxyl groups is 2. The van der Waals surface area contributed by atoms with Crippen molar-refractivity contribution in [2.75, 3.05) is 0 Å². The maximum absolute atomic E-state index is 12.1. The van der Waals surface area contributed by atoms with E-state index >= 15 is 0 Å². The van der Waals surface area contributed by atoms with Gasteiger partial charge in [0.05, 0.1) is 0 Å². The molecule has 1 aromatic carbocycles. The zero-order valence-corrected chi connectivity index (χ0v) is 21.9. The second-order valence-electron chi connectivity index (χ2n) is 6.19. The molecule has 2 aliphatic rings. The van der Waals surface area contributed by atoms with Crippen molar-refractivity contribution in [2.45, 2.75) is 6.92 Å². The molecule has 0 saturated heterocycles. The number of benzene rings is 2. The predicted octanol–water partition coefficient (Wildman–Crippen LogP) is 7.43. The normalized spacial score (nSPS) is 12.1. The number of aliphatic hydroxyl groups excluding tert-OH is 2. The standard InChI is InChI=1S/C21H12Br4O6/c1-2-3-8-13(14-10(6-26)15(22)17(24)18(25)16(14)23)9-4-5-11(28)19(30)21(9)31-20(8)12(29)7-27/h2-7,27,29-30H,1H3/b3-2-,12-7-. The van der Waals surface area contributed by atoms with Crippen LogP contribution >= 0.6 is 63.7 Å². The molecule has 31 heavy (non-hydrogen) atoms. The van der Waals surface area contributed by atoms with Gasteiger partial charge in [0.25, 0.3) is 0 Å². The Morgan fingerprint density at radius 2 is 1.65 bits per heavy atom. The van der Waals surface area contributed by atoms with E-state index in [-0.39, 0.29) is 17.1 Å². The molecule has 6 nitrogen and oxygen atoms in total. The molecule has 3 rings (SSSR count). The summed E-state index contributed by atoms with van der Waals surface area (Å²) in [6.45, 7) is 1.73. The van der Waals surface area contributed by atoms with Crippen molar-refractivity contribution in [3.8, 4) is 28.2 Å². The van der Waals surface area contributed by atoms with Crippen LogP contribution in [0.3, 0.4) is 0 Å². The third kappa shape index (κ3) is 3.90. The molecule has 0 aromatic heterocycles. The number of hydrogen-bond acceptors (Lipinski definition) is 6. The molecule has 1 aliphatic carbocycles. The van der Waals surface area contributed by atoms with Crippen LogP contribution in [0.15, 0.2) is 51.6 Å². The van der Waals surface area contributed by atoms with E-state index in [1.54, 1.807) is 19.1 Å². The fraction of sp³-hybridized carbons (Fsp3) is 0.0476. The smallest absolute Gasteiger partial charge is 0.224 e. The number of phenols is 1. The van der Waals surface area contributed by atoms with Gasteiger partial charge in [-0.1, -0.05) is 12.2 Å². The zero-order chi connectivity index (χ0) is 23.0. The number of hydrogen-bond donors (Lipinski definition) is 3. The topological polar surface area (TPSA) is 108 Å². The summed E-state index contributed by atoms with van der Waals surface area (Å²) in [6, 6.07) is 2.63. The monoisotopic (exact) mass is 676 g/mol. The average molecular weight is 680 g/mol. The van der Waals surface area contributed by atoms with Crippen molar-refractivity contribution >= 4 is 81.8 Å². The van der Waals surface area contributed by atoms with E-state index in [1.165, 1.54) is 12.1 Å². The molecular formula is C21H12Br4O6. The first kappa shape index (κ1) is 23.8. The minimum absolute atomic E-state index is 0.206. The third-order valence-corrected chi connectivity index (χ3v) is 9.24. The van der Waals surface area contributed by atoms with Crippen LogP contribution < -0.4 is 5.43 Å². The summed E-state index contributed by atoms with van der Waals surface area (Å²) in [5.74, 6) is -1.72. The Balaban J connectivity index is 2.73. The Morgan fingerprint density at radius 3 is 2.23 bits per heavy atom. The molecule has 0 radical (unpaired) electrons. The van der Waals surface area contributed by atoms with Gasteiger partial charge >= 0.3 is 0 Å². The first-order chi connectivity index (χ1) is 14.7. The fourth-order valence-corrected chi connectivity index (χ4v) is 5.56. The number of aldehydes is 1. The van der Waals surface area contributed by atoms with Gasteiger partial charge in [0.2, 0.25) is 11.2 Å². The molecule has 0 amide bonds. The lowest BCUT2D eigenvalue weighted by molar-refractivity contribution is 0.112. The van der Waals surface area contributed by atoms with E-state index in [0.717, 1.165) is 0 Å². The fourth-order valence-electron chi connectivity index (χ4n) is 3.12. The van der Waals surface area contributed by atoms with Crippen LogP contribution in [-0.2, 0) is 0 Å². The quantitative estimate of drug-likeness (QED) is 0.115. The Hall–Kier alpha value is -1.88. The number of aromatic hydroxyl groups is 1. The molecule has 0 spiro atoms. The summed E-state index contributed by atoms with van der Waals surface area (Å²) in [5, 5.41) is 30.1. The van der Waals surface area contributed by atoms with Crippen molar-refractivity contribution in [1.82, 2.24) is 0 Å². The molecule has 3 N–H and O–H groups in total. The Kier molecular flexibility index (Phi) is 7.14. The Bertz CT molecular complexity index is 1310. The number of phenolic OH excluding ortho intramolecular Hbond substituents is 1. The molecule has 0 bridgehead atoms. The predicted molar refractivity (Wildman–Crippen MR) is 133 cm³/mol. The first-order valence-electron chi connectivity index (χ1n) is 8.50. The van der Waals surface area contributed by atoms with Crippen molar-refractivity contribution < 1.29 is 24.5 Å². The molecule has 10 heteroatoms. The second-order valence-corrected chi connectivity index (χ2v) is 9.36. The summed E-state index contributed by atoms with van der Waals surface area (Å²) in [4.78, 5) is 24.2. The van der Waals surface area contributed by atoms with E-state index in [2.05, 4.69) is 63.7 Å². The highest BCUT2D eigenvalue weighted by molar-refractivity contribution is 9.15. The molecular weight excluding hydrogens is 668 g/mol. The highest BCUT2D eigenvalue weighted by atomic mass is 79.9. The molecule has 0 saturated carbocycles. The minimum atomic E-state index is -0.688. The highest BCUT2D eigenvalue weighted by Gasteiger charge is 2.30. The lowest BCUT2D eigenvalue weighted by Gasteiger charge is -2.22. The van der Waals surface area contributed by atoms with Gasteiger partial charge in [-0.05, 0) is 82.8 Å². The van der Waals surface area contributed by atoms with Gasteiger partial charge in [0, 0.05) is 45.7 Å². The molecule has 1 aromatic rings. The SMILES string of the molecule is C/C=C\c1c(/C(O)=C/O)oc2c(O)c(=O)ccc-2c1-c1c(Br)c(Br)c(Br)c(Br)c1C=O. The van der Waals surface area contributed by atoms with Crippen LogP contribution in [0.2, 0.25) is 0 Å². The van der Waals surface area contributed by atoms with E-state index in [9.17, 15) is 24.9 Å². The zero-order valence-electron chi connectivity index (χ0n) is 15.5. The van der Waals surface area contributed by atoms with E-state index < -0.39 is 16.9 Å². The molecule has 1 heterocycles. The summed E-state index contributed by atoms with van der Waals surface area (Å²) >= 11 is 13.8. The summed E-state index contributed by atoms with van der Waals surface area (Å²) in [5.41, 5.74) is 0.957. The van der Waals surface area contributed by atoms with Crippen LogP contribution in [0, 0.1) is 0 Å². The maximum Gasteiger partial charge on any atom is 0.224 e. The number of fused-ring (bicyclic) bond motifs is 1. The van der Waals surface area contributed by atoms with Gasteiger partial charge in [-0.15, -0.1) is 0 Å². The van der Waals surface area contributed by atoms with Gasteiger partial charge in [-0.2, -0.15) is 0 Å². The minimum Gasteiger partial charge on any atom is -0.512 e. The van der Waals surface area contributed by atoms with Gasteiger partial charge in [0.1, 0.15) is 6.26 Å². The van der Waals surface area contributed by atoms with Gasteiger partial charge < -0.3 is 19.7 Å². The van der Waals surface area contributed by atoms with Crippen LogP contribution in [0.1, 0.15) is 28.6 Å². The largest absolute Gasteiger partial charge is 0.512 e. The summed E-state index contributed by atoms with van der Waals surface area (Å²) in [7, 11) is 0. The van der Waals surface area contributed by atoms with Gasteiger partial charge in [0.15, 0.2) is 23.6 Å². The lowest BCUT2D eigenvalue weighted by atomic mass is 9.89. The molecule has 160 valence electrons. The van der Waals surface area contributed by atoms with E-state index in [4.69, 9.17) is 4.42 Å². The summed E-state index contributed by atoms with van der Waals surface area (Å²) in [6.07, 6.45) is 4.37.